The van der Waals surface area contributed by atoms with Gasteiger partial charge in [0, 0.05) is 11.1 Å². The van der Waals surface area contributed by atoms with Crippen LogP contribution in [0, 0.1) is 6.92 Å². The fourth-order valence-corrected chi connectivity index (χ4v) is 1.50. The van der Waals surface area contributed by atoms with Crippen LogP contribution in [0.3, 0.4) is 0 Å². The highest BCUT2D eigenvalue weighted by atomic mass is 16.3. The minimum atomic E-state index is -0.826. The topological polar surface area (TPSA) is 49.3 Å². The molecule has 0 saturated heterocycles. The van der Waals surface area contributed by atoms with Crippen molar-refractivity contribution in [3.8, 4) is 0 Å². The van der Waals surface area contributed by atoms with Gasteiger partial charge in [-0.3, -0.25) is 4.79 Å². The number of nitrogens with one attached hydrogen (secondary N) is 1. The lowest BCUT2D eigenvalue weighted by Gasteiger charge is -2.01. The van der Waals surface area contributed by atoms with E-state index in [9.17, 15) is 9.90 Å². The van der Waals surface area contributed by atoms with Crippen molar-refractivity contribution in [1.82, 2.24) is 5.32 Å². The third-order valence-corrected chi connectivity index (χ3v) is 2.09. The van der Waals surface area contributed by atoms with Crippen LogP contribution in [0.1, 0.15) is 41.6 Å². The molecule has 0 fully saturated rings. The molecule has 76 valence electrons. The van der Waals surface area contributed by atoms with E-state index >= 15 is 0 Å². The molecule has 1 unspecified atom stereocenters. The molecule has 1 aromatic carbocycles. The molecule has 0 bridgehead atoms. The van der Waals surface area contributed by atoms with Crippen LogP contribution in [0.15, 0.2) is 18.2 Å². The summed E-state index contributed by atoms with van der Waals surface area (Å²) in [5.41, 5.74) is 2.20. The van der Waals surface area contributed by atoms with Crippen LogP contribution in [0.5, 0.6) is 0 Å². The fraction of sp³-hybridized carbons (Fsp3) is 0.364. The van der Waals surface area contributed by atoms with Gasteiger partial charge in [0.1, 0.15) is 0 Å². The second kappa shape index (κ2) is 4.24. The Kier molecular flexibility index (Phi) is 3.25. The van der Waals surface area contributed by atoms with Crippen molar-refractivity contribution in [2.24, 2.45) is 0 Å². The van der Waals surface area contributed by atoms with Crippen LogP contribution >= 0.6 is 0 Å². The van der Waals surface area contributed by atoms with Crippen molar-refractivity contribution >= 4 is 5.91 Å². The minimum absolute atomic E-state index is 0.185. The fourth-order valence-electron chi connectivity index (χ4n) is 1.50. The van der Waals surface area contributed by atoms with E-state index < -0.39 is 6.23 Å². The Morgan fingerprint density at radius 3 is 2.57 bits per heavy atom. The molecule has 0 spiro atoms. The molecule has 3 nitrogen and oxygen atoms in total. The zero-order valence-corrected chi connectivity index (χ0v) is 8.66. The zero-order valence-electron chi connectivity index (χ0n) is 8.66. The van der Waals surface area contributed by atoms with Crippen molar-refractivity contribution < 1.29 is 9.90 Å². The van der Waals surface area contributed by atoms with Crippen LogP contribution < -0.4 is 5.32 Å². The van der Waals surface area contributed by atoms with Crippen molar-refractivity contribution in [2.75, 3.05) is 0 Å². The Bertz CT molecular complexity index is 347. The Labute approximate surface area is 83.8 Å². The first-order valence-electron chi connectivity index (χ1n) is 4.78. The number of rotatable bonds is 0. The van der Waals surface area contributed by atoms with Crippen molar-refractivity contribution in [3.05, 3.63) is 34.9 Å². The van der Waals surface area contributed by atoms with Gasteiger partial charge in [0.25, 0.3) is 5.91 Å². The molecule has 0 aromatic heterocycles. The summed E-state index contributed by atoms with van der Waals surface area (Å²) in [6, 6.07) is 5.44. The molecule has 1 atom stereocenters. The summed E-state index contributed by atoms with van der Waals surface area (Å²) in [4.78, 5) is 11.2. The summed E-state index contributed by atoms with van der Waals surface area (Å²) >= 11 is 0. The smallest absolute Gasteiger partial charge is 0.254 e. The average molecular weight is 193 g/mol. The van der Waals surface area contributed by atoms with Crippen molar-refractivity contribution in [3.63, 3.8) is 0 Å². The maximum Gasteiger partial charge on any atom is 0.254 e. The molecule has 3 heteroatoms. The molecule has 0 aliphatic carbocycles. The molecule has 14 heavy (non-hydrogen) atoms. The molecule has 0 saturated carbocycles. The second-order valence-corrected chi connectivity index (χ2v) is 2.92. The van der Waals surface area contributed by atoms with Crippen molar-refractivity contribution in [1.29, 1.82) is 0 Å². The standard InChI is InChI=1S/C9H9NO2.C2H6/c1-5-3-2-4-6-7(5)9(12)10-8(6)11;1-2/h2-4,8,11H,1H3,(H,10,12);1-2H3. The average Bonchev–Trinajstić information content (AvgIpc) is 2.47. The first-order valence-corrected chi connectivity index (χ1v) is 4.78. The van der Waals surface area contributed by atoms with Crippen LogP contribution in [0.25, 0.3) is 0 Å². The summed E-state index contributed by atoms with van der Waals surface area (Å²) < 4.78 is 0. The van der Waals surface area contributed by atoms with Gasteiger partial charge < -0.3 is 10.4 Å². The van der Waals surface area contributed by atoms with Crippen molar-refractivity contribution in [2.45, 2.75) is 27.0 Å². The lowest BCUT2D eigenvalue weighted by atomic mass is 10.0. The second-order valence-electron chi connectivity index (χ2n) is 2.92. The molecular weight excluding hydrogens is 178 g/mol. The summed E-state index contributed by atoms with van der Waals surface area (Å²) in [6.45, 7) is 5.86. The number of aliphatic hydroxyl groups excluding tert-OH is 1. The third kappa shape index (κ3) is 1.63. The molecule has 1 amide bonds. The molecule has 1 aliphatic rings. The van der Waals surface area contributed by atoms with E-state index in [1.165, 1.54) is 0 Å². The highest BCUT2D eigenvalue weighted by Gasteiger charge is 2.27. The number of hydrogen-bond donors (Lipinski definition) is 2. The van der Waals surface area contributed by atoms with Gasteiger partial charge >= 0.3 is 0 Å². The first kappa shape index (κ1) is 10.7. The number of aliphatic hydroxyl groups is 1. The Balaban J connectivity index is 0.000000461. The van der Waals surface area contributed by atoms with Gasteiger partial charge in [-0.2, -0.15) is 0 Å². The number of benzene rings is 1. The summed E-state index contributed by atoms with van der Waals surface area (Å²) in [5, 5.41) is 11.8. The van der Waals surface area contributed by atoms with Gasteiger partial charge in [-0.05, 0) is 12.5 Å². The summed E-state index contributed by atoms with van der Waals surface area (Å²) in [6.07, 6.45) is -0.826. The maximum absolute atomic E-state index is 11.2. The Morgan fingerprint density at radius 1 is 1.36 bits per heavy atom. The molecule has 2 N–H and O–H groups in total. The van der Waals surface area contributed by atoms with E-state index in [2.05, 4.69) is 5.32 Å². The first-order chi connectivity index (χ1) is 6.70. The highest BCUT2D eigenvalue weighted by molar-refractivity contribution is 6.00. The van der Waals surface area contributed by atoms with Gasteiger partial charge in [0.2, 0.25) is 0 Å². The third-order valence-electron chi connectivity index (χ3n) is 2.09. The molecule has 2 rings (SSSR count). The van der Waals surface area contributed by atoms with E-state index in [1.807, 2.05) is 32.9 Å². The van der Waals surface area contributed by atoms with E-state index in [0.29, 0.717) is 11.1 Å². The van der Waals surface area contributed by atoms with Crippen LogP contribution in [-0.2, 0) is 0 Å². The molecule has 1 aromatic rings. The summed E-state index contributed by atoms with van der Waals surface area (Å²) in [5.74, 6) is -0.185. The lowest BCUT2D eigenvalue weighted by Crippen LogP contribution is -2.18. The number of aryl methyl sites for hydroxylation is 1. The monoisotopic (exact) mass is 193 g/mol. The molecular formula is C11H15NO2. The van der Waals surface area contributed by atoms with E-state index in [-0.39, 0.29) is 5.91 Å². The Morgan fingerprint density at radius 2 is 2.00 bits per heavy atom. The predicted molar refractivity (Wildman–Crippen MR) is 55.0 cm³/mol. The van der Waals surface area contributed by atoms with Crippen LogP contribution in [-0.4, -0.2) is 11.0 Å². The highest BCUT2D eigenvalue weighted by Crippen LogP contribution is 2.25. The predicted octanol–water partition coefficient (Wildman–Crippen LogP) is 1.76. The minimum Gasteiger partial charge on any atom is -0.369 e. The quantitative estimate of drug-likeness (QED) is 0.659. The zero-order chi connectivity index (χ0) is 10.7. The van der Waals surface area contributed by atoms with E-state index in [0.717, 1.165) is 5.56 Å². The molecule has 1 heterocycles. The van der Waals surface area contributed by atoms with Crippen LogP contribution in [0.2, 0.25) is 0 Å². The van der Waals surface area contributed by atoms with Crippen LogP contribution in [0.4, 0.5) is 0 Å². The van der Waals surface area contributed by atoms with E-state index in [4.69, 9.17) is 0 Å². The normalized spacial score (nSPS) is 18.0. The van der Waals surface area contributed by atoms with Gasteiger partial charge in [0.15, 0.2) is 6.23 Å². The number of hydrogen-bond acceptors (Lipinski definition) is 2. The number of carbonyl (C=O) groups is 1. The van der Waals surface area contributed by atoms with Gasteiger partial charge in [0.05, 0.1) is 0 Å². The number of amides is 1. The van der Waals surface area contributed by atoms with E-state index in [1.54, 1.807) is 6.07 Å². The molecule has 1 aliphatic heterocycles. The Hall–Kier alpha value is -1.35. The van der Waals surface area contributed by atoms with Gasteiger partial charge in [-0.15, -0.1) is 0 Å². The molecule has 0 radical (unpaired) electrons. The lowest BCUT2D eigenvalue weighted by molar-refractivity contribution is 0.0850. The largest absolute Gasteiger partial charge is 0.369 e. The van der Waals surface area contributed by atoms with Gasteiger partial charge in [-0.1, -0.05) is 32.0 Å². The SMILES string of the molecule is CC.Cc1cccc2c1C(=O)NC2O. The maximum atomic E-state index is 11.2. The summed E-state index contributed by atoms with van der Waals surface area (Å²) in [7, 11) is 0. The van der Waals surface area contributed by atoms with Gasteiger partial charge in [-0.25, -0.2) is 0 Å². The number of fused-ring (bicyclic) bond motifs is 1. The number of carbonyl (C=O) groups excluding carboxylic acids is 1.